The molecule has 9 heteroatoms. The van der Waals surface area contributed by atoms with Crippen molar-refractivity contribution in [1.29, 1.82) is 0 Å². The first kappa shape index (κ1) is 20.5. The summed E-state index contributed by atoms with van der Waals surface area (Å²) in [5.74, 6) is -0.177. The molecule has 0 aliphatic carbocycles. The predicted molar refractivity (Wildman–Crippen MR) is 103 cm³/mol. The van der Waals surface area contributed by atoms with Gasteiger partial charge in [-0.1, -0.05) is 24.3 Å². The summed E-state index contributed by atoms with van der Waals surface area (Å²) in [5.41, 5.74) is -0.939. The molecule has 3 aromatic rings. The SMILES string of the molecule is C[C@H](c1nc2ccccc2c(=O)[nH]1)[NH+](C)CC(=O)Nc1ccccc1C(F)(F)F. The Kier molecular flexibility index (Phi) is 5.69. The third-order valence-corrected chi connectivity index (χ3v) is 4.73. The maximum atomic E-state index is 13.1. The van der Waals surface area contributed by atoms with E-state index in [0.717, 1.165) is 6.07 Å². The molecule has 0 saturated heterocycles. The van der Waals surface area contributed by atoms with Crippen LogP contribution in [0, 0.1) is 0 Å². The van der Waals surface area contributed by atoms with Crippen LogP contribution in [0.4, 0.5) is 18.9 Å². The van der Waals surface area contributed by atoms with Gasteiger partial charge in [0.15, 0.2) is 12.4 Å². The smallest absolute Gasteiger partial charge is 0.321 e. The number of para-hydroxylation sites is 2. The van der Waals surface area contributed by atoms with Gasteiger partial charge in [0, 0.05) is 0 Å². The van der Waals surface area contributed by atoms with Gasteiger partial charge < -0.3 is 15.2 Å². The summed E-state index contributed by atoms with van der Waals surface area (Å²) >= 11 is 0. The molecule has 0 saturated carbocycles. The molecule has 2 aromatic carbocycles. The lowest BCUT2D eigenvalue weighted by atomic mass is 10.1. The quantitative estimate of drug-likeness (QED) is 0.609. The van der Waals surface area contributed by atoms with Crippen LogP contribution in [0.3, 0.4) is 0 Å². The molecule has 152 valence electrons. The highest BCUT2D eigenvalue weighted by Gasteiger charge is 2.34. The number of benzene rings is 2. The lowest BCUT2D eigenvalue weighted by molar-refractivity contribution is -0.902. The van der Waals surface area contributed by atoms with Crippen molar-refractivity contribution in [2.24, 2.45) is 0 Å². The lowest BCUT2D eigenvalue weighted by Crippen LogP contribution is -3.10. The Hall–Kier alpha value is -3.20. The number of carbonyl (C=O) groups excluding carboxylic acids is 1. The average Bonchev–Trinajstić information content (AvgIpc) is 2.66. The molecule has 29 heavy (non-hydrogen) atoms. The number of likely N-dealkylation sites (N-methyl/N-ethyl adjacent to an activating group) is 1. The Balaban J connectivity index is 1.74. The van der Waals surface area contributed by atoms with E-state index in [2.05, 4.69) is 15.3 Å². The van der Waals surface area contributed by atoms with Gasteiger partial charge >= 0.3 is 6.18 Å². The number of anilines is 1. The number of quaternary nitrogens is 1. The molecule has 0 radical (unpaired) electrons. The summed E-state index contributed by atoms with van der Waals surface area (Å²) in [7, 11) is 1.70. The van der Waals surface area contributed by atoms with Crippen LogP contribution >= 0.6 is 0 Å². The summed E-state index contributed by atoms with van der Waals surface area (Å²) in [5, 5.41) is 2.78. The number of H-pyrrole nitrogens is 1. The van der Waals surface area contributed by atoms with Crippen molar-refractivity contribution in [3.63, 3.8) is 0 Å². The molecule has 0 aliphatic rings. The zero-order valence-electron chi connectivity index (χ0n) is 15.8. The van der Waals surface area contributed by atoms with E-state index < -0.39 is 17.6 Å². The number of amides is 1. The third kappa shape index (κ3) is 4.62. The van der Waals surface area contributed by atoms with Crippen molar-refractivity contribution >= 4 is 22.5 Å². The Morgan fingerprint density at radius 1 is 1.17 bits per heavy atom. The molecule has 1 unspecified atom stereocenters. The number of aromatic amines is 1. The minimum Gasteiger partial charge on any atom is -0.321 e. The van der Waals surface area contributed by atoms with Crippen molar-refractivity contribution < 1.29 is 22.9 Å². The summed E-state index contributed by atoms with van der Waals surface area (Å²) in [4.78, 5) is 32.4. The second kappa shape index (κ2) is 8.04. The maximum Gasteiger partial charge on any atom is 0.418 e. The van der Waals surface area contributed by atoms with Crippen LogP contribution in [-0.4, -0.2) is 29.5 Å². The minimum atomic E-state index is -4.57. The highest BCUT2D eigenvalue weighted by atomic mass is 19.4. The molecule has 0 spiro atoms. The first-order valence-electron chi connectivity index (χ1n) is 8.94. The van der Waals surface area contributed by atoms with E-state index in [-0.39, 0.29) is 23.8 Å². The fourth-order valence-corrected chi connectivity index (χ4v) is 2.98. The van der Waals surface area contributed by atoms with E-state index >= 15 is 0 Å². The molecular formula is C20H20F3N4O2+. The van der Waals surface area contributed by atoms with Gasteiger partial charge in [0.2, 0.25) is 0 Å². The number of aromatic nitrogens is 2. The fraction of sp³-hybridized carbons (Fsp3) is 0.250. The molecule has 6 nitrogen and oxygen atoms in total. The molecule has 1 aromatic heterocycles. The average molecular weight is 405 g/mol. The zero-order valence-corrected chi connectivity index (χ0v) is 15.8. The lowest BCUT2D eigenvalue weighted by Gasteiger charge is -2.21. The van der Waals surface area contributed by atoms with Crippen molar-refractivity contribution in [2.45, 2.75) is 19.1 Å². The topological polar surface area (TPSA) is 79.3 Å². The third-order valence-electron chi connectivity index (χ3n) is 4.73. The van der Waals surface area contributed by atoms with Crippen LogP contribution in [0.5, 0.6) is 0 Å². The largest absolute Gasteiger partial charge is 0.418 e. The monoisotopic (exact) mass is 405 g/mol. The molecular weight excluding hydrogens is 385 g/mol. The molecule has 0 fully saturated rings. The maximum absolute atomic E-state index is 13.1. The second-order valence-electron chi connectivity index (χ2n) is 6.80. The van der Waals surface area contributed by atoms with E-state index in [9.17, 15) is 22.8 Å². The standard InChI is InChI=1S/C20H19F3N4O2/c1-12(18-25-15-9-5-3-7-13(15)19(29)26-18)27(2)11-17(28)24-16-10-6-4-8-14(16)20(21,22)23/h3-10,12H,11H2,1-2H3,(H,24,28)(H,25,26,29)/p+1/t12-/m1/s1. The number of carbonyl (C=O) groups is 1. The highest BCUT2D eigenvalue weighted by Crippen LogP contribution is 2.34. The normalized spacial score (nSPS) is 13.8. The Labute approximate surface area is 164 Å². The number of hydrogen-bond donors (Lipinski definition) is 3. The van der Waals surface area contributed by atoms with Gasteiger partial charge in [-0.15, -0.1) is 0 Å². The van der Waals surface area contributed by atoms with Gasteiger partial charge in [-0.05, 0) is 31.2 Å². The van der Waals surface area contributed by atoms with E-state index in [0.29, 0.717) is 21.6 Å². The number of halogens is 3. The molecule has 1 heterocycles. The highest BCUT2D eigenvalue weighted by molar-refractivity contribution is 5.92. The van der Waals surface area contributed by atoms with Gasteiger partial charge in [0.25, 0.3) is 11.5 Å². The van der Waals surface area contributed by atoms with Gasteiger partial charge in [0.1, 0.15) is 6.04 Å². The van der Waals surface area contributed by atoms with Gasteiger partial charge in [-0.25, -0.2) is 4.98 Å². The van der Waals surface area contributed by atoms with Gasteiger partial charge in [-0.3, -0.25) is 9.59 Å². The molecule has 3 rings (SSSR count). The summed E-state index contributed by atoms with van der Waals surface area (Å²) in [6, 6.07) is 11.3. The van der Waals surface area contributed by atoms with Crippen LogP contribution in [0.2, 0.25) is 0 Å². The Morgan fingerprint density at radius 3 is 2.55 bits per heavy atom. The van der Waals surface area contributed by atoms with Crippen molar-refractivity contribution in [3.8, 4) is 0 Å². The summed E-state index contributed by atoms with van der Waals surface area (Å²) < 4.78 is 39.2. The van der Waals surface area contributed by atoms with Crippen LogP contribution in [0.15, 0.2) is 53.3 Å². The van der Waals surface area contributed by atoms with Gasteiger partial charge in [0.05, 0.1) is 29.2 Å². The van der Waals surface area contributed by atoms with Crippen molar-refractivity contribution in [1.82, 2.24) is 9.97 Å². The molecule has 3 N–H and O–H groups in total. The van der Waals surface area contributed by atoms with E-state index in [1.807, 2.05) is 0 Å². The number of alkyl halides is 3. The van der Waals surface area contributed by atoms with E-state index in [1.165, 1.54) is 18.2 Å². The first-order valence-corrected chi connectivity index (χ1v) is 8.94. The predicted octanol–water partition coefficient (Wildman–Crippen LogP) is 2.16. The fourth-order valence-electron chi connectivity index (χ4n) is 2.98. The number of hydrogen-bond acceptors (Lipinski definition) is 3. The zero-order chi connectivity index (χ0) is 21.2. The van der Waals surface area contributed by atoms with E-state index in [4.69, 9.17) is 0 Å². The minimum absolute atomic E-state index is 0.107. The molecule has 2 atom stereocenters. The molecule has 0 bridgehead atoms. The van der Waals surface area contributed by atoms with Crippen LogP contribution in [0.25, 0.3) is 10.9 Å². The van der Waals surface area contributed by atoms with Crippen LogP contribution in [0.1, 0.15) is 24.4 Å². The number of rotatable bonds is 5. The Morgan fingerprint density at radius 2 is 1.83 bits per heavy atom. The number of nitrogens with one attached hydrogen (secondary N) is 3. The Bertz CT molecular complexity index is 1090. The van der Waals surface area contributed by atoms with Gasteiger partial charge in [-0.2, -0.15) is 13.2 Å². The first-order chi connectivity index (χ1) is 13.7. The van der Waals surface area contributed by atoms with Crippen molar-refractivity contribution in [3.05, 3.63) is 70.3 Å². The number of fused-ring (bicyclic) bond motifs is 1. The second-order valence-corrected chi connectivity index (χ2v) is 6.80. The molecule has 0 aliphatic heterocycles. The number of nitrogens with zero attached hydrogens (tertiary/aromatic N) is 1. The molecule has 1 amide bonds. The van der Waals surface area contributed by atoms with Crippen LogP contribution in [-0.2, 0) is 11.0 Å². The van der Waals surface area contributed by atoms with Crippen molar-refractivity contribution in [2.75, 3.05) is 18.9 Å². The van der Waals surface area contributed by atoms with E-state index in [1.54, 1.807) is 38.2 Å². The summed E-state index contributed by atoms with van der Waals surface area (Å²) in [6.07, 6.45) is -4.57. The summed E-state index contributed by atoms with van der Waals surface area (Å²) in [6.45, 7) is 1.67. The van der Waals surface area contributed by atoms with Crippen LogP contribution < -0.4 is 15.8 Å².